The SMILES string of the molecule is COC(C)(COc1ccc(CN2CCC(C(O)(c3ccc(OC(F)(F)F)cc3)c3ccc(OC(F)(F)F)cc3)CC2)cc1)OC. The number of piperidine rings is 1. The molecular formula is C32H35F6NO6. The Bertz CT molecular complexity index is 1290. The van der Waals surface area contributed by atoms with Gasteiger partial charge in [0.2, 0.25) is 0 Å². The highest BCUT2D eigenvalue weighted by molar-refractivity contribution is 5.42. The lowest BCUT2D eigenvalue weighted by molar-refractivity contribution is -0.275. The first-order valence-corrected chi connectivity index (χ1v) is 14.1. The lowest BCUT2D eigenvalue weighted by atomic mass is 9.72. The average Bonchev–Trinajstić information content (AvgIpc) is 3.00. The molecule has 7 nitrogen and oxygen atoms in total. The van der Waals surface area contributed by atoms with E-state index in [1.807, 2.05) is 24.3 Å². The van der Waals surface area contributed by atoms with Gasteiger partial charge in [-0.2, -0.15) is 0 Å². The van der Waals surface area contributed by atoms with E-state index in [-0.39, 0.29) is 17.7 Å². The summed E-state index contributed by atoms with van der Waals surface area (Å²) in [6.07, 6.45) is -8.76. The minimum Gasteiger partial charge on any atom is -0.488 e. The molecule has 0 spiro atoms. The molecule has 3 aromatic rings. The van der Waals surface area contributed by atoms with E-state index < -0.39 is 41.5 Å². The van der Waals surface area contributed by atoms with Crippen molar-refractivity contribution in [1.82, 2.24) is 4.90 Å². The Morgan fingerprint density at radius 1 is 0.689 bits per heavy atom. The summed E-state index contributed by atoms with van der Waals surface area (Å²) in [4.78, 5) is 2.21. The highest BCUT2D eigenvalue weighted by Gasteiger charge is 2.42. The average molecular weight is 644 g/mol. The van der Waals surface area contributed by atoms with Crippen molar-refractivity contribution >= 4 is 0 Å². The summed E-state index contributed by atoms with van der Waals surface area (Å²) in [6.45, 7) is 3.78. The van der Waals surface area contributed by atoms with E-state index in [1.54, 1.807) is 6.92 Å². The van der Waals surface area contributed by atoms with Crippen molar-refractivity contribution in [2.24, 2.45) is 5.92 Å². The number of methoxy groups -OCH3 is 2. The second kappa shape index (κ2) is 13.9. The van der Waals surface area contributed by atoms with Crippen molar-refractivity contribution in [3.8, 4) is 17.2 Å². The molecule has 0 bridgehead atoms. The van der Waals surface area contributed by atoms with Crippen LogP contribution in [0.4, 0.5) is 26.3 Å². The Morgan fingerprint density at radius 2 is 1.11 bits per heavy atom. The molecule has 4 rings (SSSR count). The van der Waals surface area contributed by atoms with Gasteiger partial charge in [-0.3, -0.25) is 4.90 Å². The largest absolute Gasteiger partial charge is 0.573 e. The zero-order valence-corrected chi connectivity index (χ0v) is 25.0. The van der Waals surface area contributed by atoms with Crippen LogP contribution in [0, 0.1) is 5.92 Å². The fourth-order valence-corrected chi connectivity index (χ4v) is 5.33. The smallest absolute Gasteiger partial charge is 0.488 e. The van der Waals surface area contributed by atoms with Crippen molar-refractivity contribution in [3.05, 3.63) is 89.5 Å². The van der Waals surface area contributed by atoms with Crippen LogP contribution in [0.3, 0.4) is 0 Å². The minimum absolute atomic E-state index is 0.200. The van der Waals surface area contributed by atoms with E-state index in [2.05, 4.69) is 14.4 Å². The normalized spacial score (nSPS) is 15.6. The van der Waals surface area contributed by atoms with E-state index in [0.29, 0.717) is 38.2 Å². The van der Waals surface area contributed by atoms with Gasteiger partial charge in [0.15, 0.2) is 5.79 Å². The third-order valence-electron chi connectivity index (χ3n) is 7.93. The summed E-state index contributed by atoms with van der Waals surface area (Å²) in [5, 5.41) is 12.2. The summed E-state index contributed by atoms with van der Waals surface area (Å²) in [7, 11) is 3.07. The van der Waals surface area contributed by atoms with Crippen LogP contribution >= 0.6 is 0 Å². The first-order chi connectivity index (χ1) is 21.1. The monoisotopic (exact) mass is 643 g/mol. The Morgan fingerprint density at radius 3 is 1.51 bits per heavy atom. The van der Waals surface area contributed by atoms with E-state index in [9.17, 15) is 31.4 Å². The van der Waals surface area contributed by atoms with E-state index in [4.69, 9.17) is 14.2 Å². The summed E-state index contributed by atoms with van der Waals surface area (Å²) in [5.41, 5.74) is -0.0997. The molecule has 0 amide bonds. The predicted octanol–water partition coefficient (Wildman–Crippen LogP) is 7.02. The van der Waals surface area contributed by atoms with Crippen LogP contribution in [0.25, 0.3) is 0 Å². The maximum Gasteiger partial charge on any atom is 0.573 e. The van der Waals surface area contributed by atoms with Gasteiger partial charge in [-0.1, -0.05) is 36.4 Å². The molecule has 1 heterocycles. The molecule has 0 atom stereocenters. The van der Waals surface area contributed by atoms with Crippen LogP contribution in [0.5, 0.6) is 17.2 Å². The van der Waals surface area contributed by atoms with Gasteiger partial charge < -0.3 is 28.8 Å². The summed E-state index contributed by atoms with van der Waals surface area (Å²) < 4.78 is 101. The third kappa shape index (κ3) is 9.25. The standard InChI is InChI=1S/C32H35F6NO6/c1-29(41-2,42-3)21-43-26-10-4-22(5-11-26)20-39-18-16-25(17-19-39)30(40,23-6-12-27(13-7-23)44-31(33,34)35)24-8-14-28(15-9-24)45-32(36,37)38/h4-15,25,40H,16-21H2,1-3H3. The Labute approximate surface area is 257 Å². The summed E-state index contributed by atoms with van der Waals surface area (Å²) in [6, 6.07) is 17.3. The lowest BCUT2D eigenvalue weighted by Gasteiger charge is -2.42. The van der Waals surface area contributed by atoms with Gasteiger partial charge in [0.05, 0.1) is 0 Å². The number of likely N-dealkylation sites (tertiary alicyclic amines) is 1. The fourth-order valence-electron chi connectivity index (χ4n) is 5.33. The molecule has 45 heavy (non-hydrogen) atoms. The molecule has 3 aromatic carbocycles. The topological polar surface area (TPSA) is 69.6 Å². The van der Waals surface area contributed by atoms with E-state index >= 15 is 0 Å². The fraction of sp³-hybridized carbons (Fsp3) is 0.438. The quantitative estimate of drug-likeness (QED) is 0.168. The molecule has 0 aromatic heterocycles. The van der Waals surface area contributed by atoms with Crippen LogP contribution in [0.15, 0.2) is 72.8 Å². The number of rotatable bonds is 12. The summed E-state index contributed by atoms with van der Waals surface area (Å²) >= 11 is 0. The van der Waals surface area contributed by atoms with Crippen molar-refractivity contribution in [2.45, 2.75) is 50.4 Å². The van der Waals surface area contributed by atoms with Gasteiger partial charge in [-0.05, 0) is 91.9 Å². The number of aliphatic hydroxyl groups is 1. The first-order valence-electron chi connectivity index (χ1n) is 14.1. The Kier molecular flexibility index (Phi) is 10.6. The van der Waals surface area contributed by atoms with Gasteiger partial charge in [0.25, 0.3) is 0 Å². The molecule has 1 fully saturated rings. The third-order valence-corrected chi connectivity index (χ3v) is 7.93. The number of benzene rings is 3. The molecule has 0 aliphatic carbocycles. The number of nitrogens with zero attached hydrogens (tertiary/aromatic N) is 1. The molecule has 246 valence electrons. The molecule has 1 aliphatic heterocycles. The molecule has 0 saturated carbocycles. The second-order valence-electron chi connectivity index (χ2n) is 10.9. The highest BCUT2D eigenvalue weighted by atomic mass is 19.4. The lowest BCUT2D eigenvalue weighted by Crippen LogP contribution is -2.44. The molecule has 0 unspecified atom stereocenters. The van der Waals surface area contributed by atoms with Crippen LogP contribution in [0.1, 0.15) is 36.5 Å². The van der Waals surface area contributed by atoms with Gasteiger partial charge in [0.1, 0.15) is 29.5 Å². The maximum absolute atomic E-state index is 12.7. The van der Waals surface area contributed by atoms with Crippen molar-refractivity contribution in [1.29, 1.82) is 0 Å². The van der Waals surface area contributed by atoms with Crippen LogP contribution in [-0.4, -0.2) is 62.4 Å². The van der Waals surface area contributed by atoms with Gasteiger partial charge >= 0.3 is 12.7 Å². The predicted molar refractivity (Wildman–Crippen MR) is 152 cm³/mol. The van der Waals surface area contributed by atoms with Crippen molar-refractivity contribution < 1.29 is 55.1 Å². The minimum atomic E-state index is -4.89. The van der Waals surface area contributed by atoms with E-state index in [1.165, 1.54) is 38.5 Å². The van der Waals surface area contributed by atoms with Crippen LogP contribution < -0.4 is 14.2 Å². The van der Waals surface area contributed by atoms with Gasteiger partial charge in [0, 0.05) is 20.8 Å². The maximum atomic E-state index is 12.7. The number of halogens is 6. The number of hydrogen-bond donors (Lipinski definition) is 1. The Hall–Kier alpha value is -3.52. The Balaban J connectivity index is 1.47. The zero-order valence-electron chi connectivity index (χ0n) is 25.0. The second-order valence-corrected chi connectivity index (χ2v) is 10.9. The van der Waals surface area contributed by atoms with Crippen molar-refractivity contribution in [2.75, 3.05) is 33.9 Å². The number of alkyl halides is 6. The summed E-state index contributed by atoms with van der Waals surface area (Å²) in [5.74, 6) is -1.53. The van der Waals surface area contributed by atoms with Crippen molar-refractivity contribution in [3.63, 3.8) is 0 Å². The number of ether oxygens (including phenoxy) is 5. The van der Waals surface area contributed by atoms with Crippen LogP contribution in [-0.2, 0) is 21.6 Å². The highest BCUT2D eigenvalue weighted by Crippen LogP contribution is 2.43. The van der Waals surface area contributed by atoms with Crippen LogP contribution in [0.2, 0.25) is 0 Å². The first kappa shape index (κ1) is 34.4. The molecular weight excluding hydrogens is 608 g/mol. The zero-order chi connectivity index (χ0) is 32.9. The molecule has 1 aliphatic rings. The molecule has 1 saturated heterocycles. The van der Waals surface area contributed by atoms with E-state index in [0.717, 1.165) is 29.8 Å². The molecule has 0 radical (unpaired) electrons. The van der Waals surface area contributed by atoms with Gasteiger partial charge in [-0.25, -0.2) is 0 Å². The van der Waals surface area contributed by atoms with Gasteiger partial charge in [-0.15, -0.1) is 26.3 Å². The molecule has 1 N–H and O–H groups in total. The molecule has 13 heteroatoms. The number of hydrogen-bond acceptors (Lipinski definition) is 7.